The van der Waals surface area contributed by atoms with Crippen molar-refractivity contribution in [2.75, 3.05) is 13.2 Å². The van der Waals surface area contributed by atoms with Crippen LogP contribution in [0.3, 0.4) is 0 Å². The number of para-hydroxylation sites is 1. The first-order valence-electron chi connectivity index (χ1n) is 7.51. The molecule has 0 aliphatic carbocycles. The van der Waals surface area contributed by atoms with Gasteiger partial charge in [0, 0.05) is 18.2 Å². The maximum Gasteiger partial charge on any atom is 0.273 e. The number of hydrogen-bond donors (Lipinski definition) is 1. The lowest BCUT2D eigenvalue weighted by Gasteiger charge is -2.19. The molecular weight excluding hydrogens is 312 g/mol. The van der Waals surface area contributed by atoms with E-state index in [0.29, 0.717) is 36.8 Å². The van der Waals surface area contributed by atoms with Crippen molar-refractivity contribution in [1.29, 1.82) is 0 Å². The van der Waals surface area contributed by atoms with Crippen LogP contribution in [0.4, 0.5) is 5.69 Å². The van der Waals surface area contributed by atoms with Crippen molar-refractivity contribution in [2.24, 2.45) is 0 Å². The normalized spacial score (nSPS) is 12.5. The van der Waals surface area contributed by atoms with Crippen LogP contribution in [0.2, 0.25) is 0 Å². The van der Waals surface area contributed by atoms with Crippen LogP contribution in [0.15, 0.2) is 42.5 Å². The molecule has 0 saturated carbocycles. The highest BCUT2D eigenvalue weighted by atomic mass is 16.6. The Morgan fingerprint density at radius 1 is 1.12 bits per heavy atom. The highest BCUT2D eigenvalue weighted by molar-refractivity contribution is 5.79. The molecule has 0 fully saturated rings. The smallest absolute Gasteiger partial charge is 0.273 e. The summed E-state index contributed by atoms with van der Waals surface area (Å²) < 4.78 is 10.9. The molecule has 0 unspecified atom stereocenters. The van der Waals surface area contributed by atoms with E-state index in [4.69, 9.17) is 9.47 Å². The predicted octanol–water partition coefficient (Wildman–Crippen LogP) is 2.22. The molecule has 7 heteroatoms. The van der Waals surface area contributed by atoms with E-state index in [-0.39, 0.29) is 18.0 Å². The number of benzene rings is 2. The van der Waals surface area contributed by atoms with Crippen molar-refractivity contribution >= 4 is 11.6 Å². The topological polar surface area (TPSA) is 90.7 Å². The molecule has 0 radical (unpaired) electrons. The number of fused-ring (bicyclic) bond motifs is 1. The molecule has 7 nitrogen and oxygen atoms in total. The molecule has 1 N–H and O–H groups in total. The first-order valence-corrected chi connectivity index (χ1v) is 7.51. The summed E-state index contributed by atoms with van der Waals surface area (Å²) in [5, 5.41) is 13.7. The molecule has 3 rings (SSSR count). The molecule has 1 aliphatic rings. The maximum atomic E-state index is 12.1. The summed E-state index contributed by atoms with van der Waals surface area (Å²) in [6.45, 7) is 1.34. The molecule has 0 bridgehead atoms. The number of ether oxygens (including phenoxy) is 2. The molecular formula is C17H16N2O5. The van der Waals surface area contributed by atoms with Crippen LogP contribution >= 0.6 is 0 Å². The molecule has 0 atom stereocenters. The fourth-order valence-electron chi connectivity index (χ4n) is 2.47. The standard InChI is InChI=1S/C17H16N2O5/c20-17(10-13-3-1-2-4-14(13)19(21)22)18-11-12-5-6-15-16(9-12)24-8-7-23-15/h1-6,9H,7-8,10-11H2,(H,18,20). The minimum absolute atomic E-state index is 0.0400. The van der Waals surface area contributed by atoms with Crippen molar-refractivity contribution < 1.29 is 19.2 Å². The monoisotopic (exact) mass is 328 g/mol. The van der Waals surface area contributed by atoms with Crippen LogP contribution in [0.25, 0.3) is 0 Å². The number of carbonyl (C=O) groups is 1. The van der Waals surface area contributed by atoms with E-state index in [2.05, 4.69) is 5.32 Å². The van der Waals surface area contributed by atoms with Crippen molar-refractivity contribution in [1.82, 2.24) is 5.32 Å². The van der Waals surface area contributed by atoms with Gasteiger partial charge >= 0.3 is 0 Å². The second kappa shape index (κ2) is 6.99. The van der Waals surface area contributed by atoms with Gasteiger partial charge in [-0.25, -0.2) is 0 Å². The Morgan fingerprint density at radius 2 is 1.88 bits per heavy atom. The fourth-order valence-corrected chi connectivity index (χ4v) is 2.47. The number of nitrogens with one attached hydrogen (secondary N) is 1. The minimum Gasteiger partial charge on any atom is -0.486 e. The Hall–Kier alpha value is -3.09. The van der Waals surface area contributed by atoms with E-state index in [1.165, 1.54) is 6.07 Å². The van der Waals surface area contributed by atoms with E-state index in [9.17, 15) is 14.9 Å². The highest BCUT2D eigenvalue weighted by Crippen LogP contribution is 2.30. The molecule has 0 aromatic heterocycles. The summed E-state index contributed by atoms with van der Waals surface area (Å²) in [5.41, 5.74) is 1.21. The summed E-state index contributed by atoms with van der Waals surface area (Å²) in [7, 11) is 0. The SMILES string of the molecule is O=C(Cc1ccccc1[N+](=O)[O-])NCc1ccc2c(c1)OCCO2. The van der Waals surface area contributed by atoms with Crippen LogP contribution in [0, 0.1) is 10.1 Å². The van der Waals surface area contributed by atoms with Crippen molar-refractivity contribution in [3.05, 3.63) is 63.7 Å². The van der Waals surface area contributed by atoms with E-state index < -0.39 is 4.92 Å². The Labute approximate surface area is 138 Å². The Bertz CT molecular complexity index is 775. The van der Waals surface area contributed by atoms with Gasteiger partial charge in [-0.1, -0.05) is 24.3 Å². The zero-order valence-corrected chi connectivity index (χ0v) is 12.9. The zero-order valence-electron chi connectivity index (χ0n) is 12.9. The summed E-state index contributed by atoms with van der Waals surface area (Å²) in [6, 6.07) is 11.7. The van der Waals surface area contributed by atoms with Crippen LogP contribution < -0.4 is 14.8 Å². The van der Waals surface area contributed by atoms with Crippen molar-refractivity contribution in [3.8, 4) is 11.5 Å². The third-order valence-corrected chi connectivity index (χ3v) is 3.64. The molecule has 124 valence electrons. The number of hydrogen-bond acceptors (Lipinski definition) is 5. The number of amides is 1. The number of nitrogens with zero attached hydrogens (tertiary/aromatic N) is 1. The highest BCUT2D eigenvalue weighted by Gasteiger charge is 2.16. The second-order valence-corrected chi connectivity index (χ2v) is 5.32. The zero-order chi connectivity index (χ0) is 16.9. The molecule has 1 amide bonds. The van der Waals surface area contributed by atoms with Crippen LogP contribution in [-0.2, 0) is 17.8 Å². The van der Waals surface area contributed by atoms with Gasteiger partial charge in [-0.3, -0.25) is 14.9 Å². The first kappa shape index (κ1) is 15.8. The first-order chi connectivity index (χ1) is 11.6. The Kier molecular flexibility index (Phi) is 4.60. The van der Waals surface area contributed by atoms with Crippen LogP contribution in [-0.4, -0.2) is 24.0 Å². The fraction of sp³-hybridized carbons (Fsp3) is 0.235. The number of nitro benzene ring substituents is 1. The van der Waals surface area contributed by atoms with Gasteiger partial charge in [0.2, 0.25) is 5.91 Å². The van der Waals surface area contributed by atoms with Gasteiger partial charge < -0.3 is 14.8 Å². The lowest BCUT2D eigenvalue weighted by Crippen LogP contribution is -2.25. The van der Waals surface area contributed by atoms with Gasteiger partial charge in [0.15, 0.2) is 11.5 Å². The van der Waals surface area contributed by atoms with E-state index >= 15 is 0 Å². The van der Waals surface area contributed by atoms with Crippen LogP contribution in [0.1, 0.15) is 11.1 Å². The van der Waals surface area contributed by atoms with Gasteiger partial charge in [-0.15, -0.1) is 0 Å². The van der Waals surface area contributed by atoms with Crippen molar-refractivity contribution in [2.45, 2.75) is 13.0 Å². The van der Waals surface area contributed by atoms with Gasteiger partial charge in [-0.2, -0.15) is 0 Å². The molecule has 0 saturated heterocycles. The Balaban J connectivity index is 1.61. The van der Waals surface area contributed by atoms with Gasteiger partial charge in [0.25, 0.3) is 5.69 Å². The Morgan fingerprint density at radius 3 is 2.67 bits per heavy atom. The van der Waals surface area contributed by atoms with Crippen molar-refractivity contribution in [3.63, 3.8) is 0 Å². The van der Waals surface area contributed by atoms with Gasteiger partial charge in [0.05, 0.1) is 11.3 Å². The van der Waals surface area contributed by atoms with Crippen LogP contribution in [0.5, 0.6) is 11.5 Å². The third-order valence-electron chi connectivity index (χ3n) is 3.64. The van der Waals surface area contributed by atoms with Gasteiger partial charge in [-0.05, 0) is 17.7 Å². The molecule has 0 spiro atoms. The third kappa shape index (κ3) is 3.62. The number of rotatable bonds is 5. The lowest BCUT2D eigenvalue weighted by molar-refractivity contribution is -0.385. The minimum atomic E-state index is -0.483. The number of carbonyl (C=O) groups excluding carboxylic acids is 1. The number of nitro groups is 1. The summed E-state index contributed by atoms with van der Waals surface area (Å²) in [4.78, 5) is 22.5. The molecule has 2 aromatic carbocycles. The molecule has 1 heterocycles. The average molecular weight is 328 g/mol. The quantitative estimate of drug-likeness (QED) is 0.671. The second-order valence-electron chi connectivity index (χ2n) is 5.32. The summed E-state index contributed by atoms with van der Waals surface area (Å²) >= 11 is 0. The largest absolute Gasteiger partial charge is 0.486 e. The maximum absolute atomic E-state index is 12.1. The summed E-state index contributed by atoms with van der Waals surface area (Å²) in [5.74, 6) is 1.07. The summed E-state index contributed by atoms with van der Waals surface area (Å²) in [6.07, 6.45) is -0.0400. The van der Waals surface area contributed by atoms with E-state index in [1.54, 1.807) is 24.3 Å². The molecule has 2 aromatic rings. The molecule has 1 aliphatic heterocycles. The average Bonchev–Trinajstić information content (AvgIpc) is 2.60. The van der Waals surface area contributed by atoms with E-state index in [1.807, 2.05) is 12.1 Å². The predicted molar refractivity (Wildman–Crippen MR) is 86.1 cm³/mol. The van der Waals surface area contributed by atoms with E-state index in [0.717, 1.165) is 5.56 Å². The molecule has 24 heavy (non-hydrogen) atoms. The van der Waals surface area contributed by atoms with Gasteiger partial charge in [0.1, 0.15) is 13.2 Å². The lowest BCUT2D eigenvalue weighted by atomic mass is 10.1.